The van der Waals surface area contributed by atoms with Gasteiger partial charge in [0.2, 0.25) is 11.8 Å². The van der Waals surface area contributed by atoms with Crippen molar-refractivity contribution < 1.29 is 35.9 Å². The third-order valence-electron chi connectivity index (χ3n) is 4.98. The van der Waals surface area contributed by atoms with Crippen LogP contribution in [0.4, 0.5) is 32.0 Å². The Kier molecular flexibility index (Phi) is 4.84. The quantitative estimate of drug-likeness (QED) is 0.461. The number of alkyl halides is 3. The molecule has 0 saturated carbocycles. The third-order valence-corrected chi connectivity index (χ3v) is 4.98. The molecule has 10 heteroatoms. The van der Waals surface area contributed by atoms with Crippen LogP contribution in [0, 0.1) is 22.9 Å². The first-order chi connectivity index (χ1) is 13.4. The highest BCUT2D eigenvalue weighted by atomic mass is 19.4. The maximum atomic E-state index is 13.8. The first kappa shape index (κ1) is 20.7. The Bertz CT molecular complexity index is 1010. The molecule has 1 aliphatic heterocycles. The molecular formula is C19H14F6N2O2. The lowest BCUT2D eigenvalue weighted by Gasteiger charge is -2.51. The first-order valence-electron chi connectivity index (χ1n) is 8.28. The minimum atomic E-state index is -4.98. The highest BCUT2D eigenvalue weighted by Crippen LogP contribution is 2.50. The van der Waals surface area contributed by atoms with Gasteiger partial charge in [-0.05, 0) is 36.8 Å². The number of hydrogen-bond acceptors (Lipinski definition) is 2. The van der Waals surface area contributed by atoms with E-state index in [0.29, 0.717) is 12.1 Å². The van der Waals surface area contributed by atoms with Crippen molar-refractivity contribution in [2.45, 2.75) is 19.1 Å². The van der Waals surface area contributed by atoms with Crippen molar-refractivity contribution >= 4 is 17.5 Å². The summed E-state index contributed by atoms with van der Waals surface area (Å²) in [7, 11) is 1.27. The van der Waals surface area contributed by atoms with Gasteiger partial charge in [0.05, 0.1) is 17.3 Å². The first-order valence-corrected chi connectivity index (χ1v) is 8.28. The van der Waals surface area contributed by atoms with E-state index in [0.717, 1.165) is 29.2 Å². The van der Waals surface area contributed by atoms with E-state index in [-0.39, 0.29) is 5.56 Å². The average Bonchev–Trinajstić information content (AvgIpc) is 2.65. The van der Waals surface area contributed by atoms with Gasteiger partial charge in [-0.2, -0.15) is 13.2 Å². The van der Waals surface area contributed by atoms with Crippen LogP contribution in [0.25, 0.3) is 0 Å². The maximum absolute atomic E-state index is 13.8. The van der Waals surface area contributed by atoms with Gasteiger partial charge in [-0.1, -0.05) is 12.1 Å². The lowest BCUT2D eigenvalue weighted by Crippen LogP contribution is -2.65. The third kappa shape index (κ3) is 3.22. The van der Waals surface area contributed by atoms with Crippen LogP contribution in [0.3, 0.4) is 0 Å². The fraction of sp³-hybridized carbons (Fsp3) is 0.263. The van der Waals surface area contributed by atoms with Gasteiger partial charge in [-0.25, -0.2) is 13.2 Å². The lowest BCUT2D eigenvalue weighted by atomic mass is 9.68. The summed E-state index contributed by atoms with van der Waals surface area (Å²) < 4.78 is 79.9. The van der Waals surface area contributed by atoms with Gasteiger partial charge in [0.15, 0.2) is 11.6 Å². The van der Waals surface area contributed by atoms with Gasteiger partial charge in [-0.3, -0.25) is 9.59 Å². The van der Waals surface area contributed by atoms with Gasteiger partial charge in [0, 0.05) is 7.05 Å². The maximum Gasteiger partial charge on any atom is 0.419 e. The smallest absolute Gasteiger partial charge is 0.336 e. The summed E-state index contributed by atoms with van der Waals surface area (Å²) in [6.07, 6.45) is -4.98. The summed E-state index contributed by atoms with van der Waals surface area (Å²) in [6.45, 7) is 1.17. The normalized spacial score (nSPS) is 21.7. The van der Waals surface area contributed by atoms with Gasteiger partial charge in [0.1, 0.15) is 11.2 Å². The van der Waals surface area contributed by atoms with Crippen LogP contribution in [-0.2, 0) is 15.8 Å². The second kappa shape index (κ2) is 6.78. The Morgan fingerprint density at radius 1 is 1.10 bits per heavy atom. The molecule has 1 aliphatic rings. The highest BCUT2D eigenvalue weighted by Gasteiger charge is 2.61. The number of carbonyl (C=O) groups excluding carboxylic acids is 2. The molecule has 0 aliphatic carbocycles. The molecule has 2 atom stereocenters. The molecular weight excluding hydrogens is 402 g/mol. The largest absolute Gasteiger partial charge is 0.419 e. The van der Waals surface area contributed by atoms with Crippen LogP contribution in [0.5, 0.6) is 0 Å². The monoisotopic (exact) mass is 416 g/mol. The van der Waals surface area contributed by atoms with Crippen LogP contribution in [0.2, 0.25) is 0 Å². The van der Waals surface area contributed by atoms with Crippen molar-refractivity contribution in [3.05, 3.63) is 65.0 Å². The average molecular weight is 416 g/mol. The van der Waals surface area contributed by atoms with Crippen molar-refractivity contribution in [1.82, 2.24) is 4.90 Å². The number of amides is 2. The minimum absolute atomic E-state index is 0.127. The van der Waals surface area contributed by atoms with Crippen LogP contribution < -0.4 is 5.32 Å². The molecule has 2 unspecified atom stereocenters. The van der Waals surface area contributed by atoms with E-state index in [1.54, 1.807) is 0 Å². The summed E-state index contributed by atoms with van der Waals surface area (Å²) in [5, 5.41) is 2.10. The molecule has 0 radical (unpaired) electrons. The number of anilines is 1. The van der Waals surface area contributed by atoms with E-state index in [1.165, 1.54) is 14.0 Å². The number of nitrogens with zero attached hydrogens (tertiary/aromatic N) is 1. The molecule has 2 amide bonds. The molecule has 3 rings (SSSR count). The number of benzene rings is 2. The van der Waals surface area contributed by atoms with Crippen LogP contribution in [0.15, 0.2) is 36.4 Å². The van der Waals surface area contributed by atoms with Crippen LogP contribution in [-0.4, -0.2) is 23.8 Å². The molecule has 1 fully saturated rings. The summed E-state index contributed by atoms with van der Waals surface area (Å²) in [5.74, 6) is -5.85. The lowest BCUT2D eigenvalue weighted by molar-refractivity contribution is -0.172. The molecule has 2 aromatic rings. The summed E-state index contributed by atoms with van der Waals surface area (Å²) >= 11 is 0. The molecule has 0 bridgehead atoms. The zero-order valence-electron chi connectivity index (χ0n) is 15.1. The number of β-lactam (4-membered cyclic amide) rings is 1. The van der Waals surface area contributed by atoms with Crippen LogP contribution in [0.1, 0.15) is 24.1 Å². The summed E-state index contributed by atoms with van der Waals surface area (Å²) in [6, 6.07) is 4.02. The van der Waals surface area contributed by atoms with Gasteiger partial charge < -0.3 is 10.2 Å². The molecule has 1 saturated heterocycles. The predicted molar refractivity (Wildman–Crippen MR) is 90.0 cm³/mol. The summed E-state index contributed by atoms with van der Waals surface area (Å²) in [5.41, 5.74) is -4.10. The Morgan fingerprint density at radius 3 is 2.38 bits per heavy atom. The number of halogens is 6. The topological polar surface area (TPSA) is 49.4 Å². The molecule has 2 aromatic carbocycles. The number of likely N-dealkylation sites (tertiary alicyclic amines) is 1. The Labute approximate surface area is 161 Å². The standard InChI is InChI=1S/C19H14F6N2O2/c1-18(16(28)26-13-5-3-4-12(21)14(13)22)15(27(2)17(18)29)9-6-7-11(20)10(8-9)19(23,24)25/h3-8,15H,1-2H3,(H,26,28). The number of hydrogen-bond donors (Lipinski definition) is 1. The zero-order chi connectivity index (χ0) is 21.7. The molecule has 1 N–H and O–H groups in total. The minimum Gasteiger partial charge on any atom is -0.336 e. The van der Waals surface area contributed by atoms with E-state index >= 15 is 0 Å². The fourth-order valence-electron chi connectivity index (χ4n) is 3.48. The Hall–Kier alpha value is -3.04. The van der Waals surface area contributed by atoms with Crippen molar-refractivity contribution in [1.29, 1.82) is 0 Å². The van der Waals surface area contributed by atoms with Crippen molar-refractivity contribution in [2.24, 2.45) is 5.41 Å². The van der Waals surface area contributed by atoms with Crippen molar-refractivity contribution in [3.8, 4) is 0 Å². The SMILES string of the molecule is CN1C(=O)C(C)(C(=O)Nc2cccc(F)c2F)C1c1ccc(F)c(C(F)(F)F)c1. The van der Waals surface area contributed by atoms with Gasteiger partial charge in [-0.15, -0.1) is 0 Å². The van der Waals surface area contributed by atoms with Gasteiger partial charge in [0.25, 0.3) is 0 Å². The zero-order valence-corrected chi connectivity index (χ0v) is 15.1. The van der Waals surface area contributed by atoms with E-state index in [4.69, 9.17) is 0 Å². The second-order valence-corrected chi connectivity index (χ2v) is 6.81. The second-order valence-electron chi connectivity index (χ2n) is 6.81. The molecule has 0 spiro atoms. The fourth-order valence-corrected chi connectivity index (χ4v) is 3.48. The molecule has 0 aromatic heterocycles. The number of rotatable bonds is 3. The Morgan fingerprint density at radius 2 is 1.76 bits per heavy atom. The molecule has 154 valence electrons. The summed E-state index contributed by atoms with van der Waals surface area (Å²) in [4.78, 5) is 26.1. The van der Waals surface area contributed by atoms with E-state index in [9.17, 15) is 35.9 Å². The molecule has 4 nitrogen and oxygen atoms in total. The number of nitrogens with one attached hydrogen (secondary N) is 1. The van der Waals surface area contributed by atoms with E-state index in [2.05, 4.69) is 5.32 Å². The van der Waals surface area contributed by atoms with Crippen LogP contribution >= 0.6 is 0 Å². The van der Waals surface area contributed by atoms with E-state index < -0.39 is 58.1 Å². The highest BCUT2D eigenvalue weighted by molar-refractivity contribution is 6.14. The number of carbonyl (C=O) groups is 2. The molecule has 29 heavy (non-hydrogen) atoms. The Balaban J connectivity index is 1.99. The van der Waals surface area contributed by atoms with Crippen molar-refractivity contribution in [3.63, 3.8) is 0 Å². The van der Waals surface area contributed by atoms with Gasteiger partial charge >= 0.3 is 6.18 Å². The van der Waals surface area contributed by atoms with E-state index in [1.807, 2.05) is 0 Å². The molecule has 1 heterocycles. The predicted octanol–water partition coefficient (Wildman–Crippen LogP) is 4.28. The van der Waals surface area contributed by atoms with Crippen molar-refractivity contribution in [2.75, 3.05) is 12.4 Å².